The fraction of sp³-hybridized carbons (Fsp3) is 0.500. The highest BCUT2D eigenvalue weighted by molar-refractivity contribution is 4.99. The third-order valence-electron chi connectivity index (χ3n) is 1.58. The van der Waals surface area contributed by atoms with Gasteiger partial charge in [0.25, 0.3) is 0 Å². The van der Waals surface area contributed by atoms with Crippen LogP contribution in [0.3, 0.4) is 0 Å². The second kappa shape index (κ2) is 1.84. The molecule has 2 rings (SSSR count). The number of aromatic nitrogens is 1. The van der Waals surface area contributed by atoms with Gasteiger partial charge >= 0.3 is 0 Å². The number of nitrogens with one attached hydrogen (secondary N) is 1. The molecule has 1 aromatic heterocycles. The van der Waals surface area contributed by atoms with Gasteiger partial charge in [0.2, 0.25) is 0 Å². The van der Waals surface area contributed by atoms with Crippen molar-refractivity contribution < 1.29 is 4.42 Å². The number of hydrogen-bond acceptors (Lipinski definition) is 3. The third-order valence-corrected chi connectivity index (χ3v) is 1.58. The van der Waals surface area contributed by atoms with Gasteiger partial charge < -0.3 is 9.73 Å². The maximum atomic E-state index is 5.09. The third kappa shape index (κ3) is 0.733. The van der Waals surface area contributed by atoms with Gasteiger partial charge in [0, 0.05) is 13.1 Å². The van der Waals surface area contributed by atoms with E-state index in [4.69, 9.17) is 4.42 Å². The van der Waals surface area contributed by atoms with Gasteiger partial charge in [0.15, 0.2) is 5.89 Å². The lowest BCUT2D eigenvalue weighted by Crippen LogP contribution is -2.39. The van der Waals surface area contributed by atoms with Crippen molar-refractivity contribution in [3.63, 3.8) is 0 Å². The van der Waals surface area contributed by atoms with E-state index >= 15 is 0 Å². The van der Waals surface area contributed by atoms with E-state index in [-0.39, 0.29) is 0 Å². The monoisotopic (exact) mass is 124 g/mol. The molecule has 1 saturated heterocycles. The van der Waals surface area contributed by atoms with E-state index in [0.717, 1.165) is 19.0 Å². The molecule has 0 saturated carbocycles. The van der Waals surface area contributed by atoms with Crippen LogP contribution in [0, 0.1) is 0 Å². The van der Waals surface area contributed by atoms with E-state index in [2.05, 4.69) is 10.3 Å². The summed E-state index contributed by atoms with van der Waals surface area (Å²) >= 11 is 0. The molecule has 48 valence electrons. The first-order valence-corrected chi connectivity index (χ1v) is 3.07. The minimum Gasteiger partial charge on any atom is -0.449 e. The molecule has 0 aliphatic carbocycles. The second-order valence-electron chi connectivity index (χ2n) is 2.23. The number of oxazole rings is 1. The smallest absolute Gasteiger partial charge is 0.199 e. The van der Waals surface area contributed by atoms with Crippen LogP contribution < -0.4 is 5.32 Å². The van der Waals surface area contributed by atoms with Crippen LogP contribution in [0.1, 0.15) is 11.8 Å². The normalized spacial score (nSPS) is 19.6. The molecular formula is C6H8N2O. The lowest BCUT2D eigenvalue weighted by molar-refractivity contribution is 0.357. The van der Waals surface area contributed by atoms with Crippen LogP contribution in [0.5, 0.6) is 0 Å². The lowest BCUT2D eigenvalue weighted by Gasteiger charge is -2.23. The van der Waals surface area contributed by atoms with Crippen LogP contribution >= 0.6 is 0 Å². The van der Waals surface area contributed by atoms with E-state index < -0.39 is 0 Å². The van der Waals surface area contributed by atoms with Gasteiger partial charge in [-0.1, -0.05) is 0 Å². The van der Waals surface area contributed by atoms with Crippen molar-refractivity contribution in [1.82, 2.24) is 10.3 Å². The largest absolute Gasteiger partial charge is 0.449 e. The Morgan fingerprint density at radius 1 is 1.67 bits per heavy atom. The molecule has 0 unspecified atom stereocenters. The molecular weight excluding hydrogens is 116 g/mol. The summed E-state index contributed by atoms with van der Waals surface area (Å²) < 4.78 is 5.09. The predicted molar refractivity (Wildman–Crippen MR) is 32.1 cm³/mol. The molecule has 1 N–H and O–H groups in total. The van der Waals surface area contributed by atoms with Crippen molar-refractivity contribution in [3.8, 4) is 0 Å². The Bertz CT molecular complexity index is 179. The first-order chi connectivity index (χ1) is 4.47. The summed E-state index contributed by atoms with van der Waals surface area (Å²) in [7, 11) is 0. The molecule has 3 heteroatoms. The zero-order valence-corrected chi connectivity index (χ0v) is 5.00. The molecule has 1 aliphatic rings. The van der Waals surface area contributed by atoms with E-state index in [1.807, 2.05) is 0 Å². The van der Waals surface area contributed by atoms with Crippen molar-refractivity contribution in [3.05, 3.63) is 18.4 Å². The SMILES string of the molecule is c1coc(C2CNC2)n1. The van der Waals surface area contributed by atoms with E-state index in [1.54, 1.807) is 12.5 Å². The summed E-state index contributed by atoms with van der Waals surface area (Å²) in [6, 6.07) is 0. The molecule has 0 radical (unpaired) electrons. The highest BCUT2D eigenvalue weighted by Gasteiger charge is 2.22. The topological polar surface area (TPSA) is 38.1 Å². The van der Waals surface area contributed by atoms with E-state index in [9.17, 15) is 0 Å². The molecule has 2 heterocycles. The highest BCUT2D eigenvalue weighted by Crippen LogP contribution is 2.16. The van der Waals surface area contributed by atoms with Gasteiger partial charge in [0.1, 0.15) is 6.26 Å². The first-order valence-electron chi connectivity index (χ1n) is 3.07. The molecule has 1 aliphatic heterocycles. The lowest BCUT2D eigenvalue weighted by atomic mass is 10.0. The molecule has 0 spiro atoms. The molecule has 3 nitrogen and oxygen atoms in total. The zero-order chi connectivity index (χ0) is 6.10. The van der Waals surface area contributed by atoms with Gasteiger partial charge in [-0.3, -0.25) is 0 Å². The molecule has 0 aromatic carbocycles. The van der Waals surface area contributed by atoms with Crippen molar-refractivity contribution in [2.24, 2.45) is 0 Å². The predicted octanol–water partition coefficient (Wildman–Crippen LogP) is 0.361. The van der Waals surface area contributed by atoms with Crippen molar-refractivity contribution in [2.75, 3.05) is 13.1 Å². The van der Waals surface area contributed by atoms with Gasteiger partial charge in [0.05, 0.1) is 12.1 Å². The molecule has 1 aromatic rings. The Kier molecular flexibility index (Phi) is 1.02. The minimum atomic E-state index is 0.528. The summed E-state index contributed by atoms with van der Waals surface area (Å²) in [4.78, 5) is 4.03. The van der Waals surface area contributed by atoms with E-state index in [0.29, 0.717) is 5.92 Å². The fourth-order valence-corrected chi connectivity index (χ4v) is 0.899. The van der Waals surface area contributed by atoms with Crippen molar-refractivity contribution in [2.45, 2.75) is 5.92 Å². The standard InChI is InChI=1S/C6H8N2O/c1-2-9-6(8-1)5-3-7-4-5/h1-2,5,7H,3-4H2. The van der Waals surface area contributed by atoms with Crippen LogP contribution in [-0.2, 0) is 0 Å². The summed E-state index contributed by atoms with van der Waals surface area (Å²) in [6.07, 6.45) is 3.31. The maximum Gasteiger partial charge on any atom is 0.199 e. The Balaban J connectivity index is 2.14. The maximum absolute atomic E-state index is 5.09. The quantitative estimate of drug-likeness (QED) is 0.587. The van der Waals surface area contributed by atoms with Gasteiger partial charge in [-0.25, -0.2) is 4.98 Å². The zero-order valence-electron chi connectivity index (χ0n) is 5.00. The van der Waals surface area contributed by atoms with Crippen LogP contribution in [0.25, 0.3) is 0 Å². The van der Waals surface area contributed by atoms with Gasteiger partial charge in [-0.15, -0.1) is 0 Å². The summed E-state index contributed by atoms with van der Waals surface area (Å²) in [5.41, 5.74) is 0. The Morgan fingerprint density at radius 2 is 2.56 bits per heavy atom. The van der Waals surface area contributed by atoms with E-state index in [1.165, 1.54) is 0 Å². The number of nitrogens with zero attached hydrogens (tertiary/aromatic N) is 1. The van der Waals surface area contributed by atoms with Gasteiger partial charge in [-0.2, -0.15) is 0 Å². The summed E-state index contributed by atoms with van der Waals surface area (Å²) in [5.74, 6) is 1.40. The molecule has 0 amide bonds. The fourth-order valence-electron chi connectivity index (χ4n) is 0.899. The van der Waals surface area contributed by atoms with Crippen molar-refractivity contribution in [1.29, 1.82) is 0 Å². The van der Waals surface area contributed by atoms with Gasteiger partial charge in [-0.05, 0) is 0 Å². The minimum absolute atomic E-state index is 0.528. The van der Waals surface area contributed by atoms with Crippen LogP contribution in [0.15, 0.2) is 16.9 Å². The average Bonchev–Trinajstić information content (AvgIpc) is 2.11. The number of rotatable bonds is 1. The molecule has 0 atom stereocenters. The Hall–Kier alpha value is -0.830. The average molecular weight is 124 g/mol. The molecule has 9 heavy (non-hydrogen) atoms. The van der Waals surface area contributed by atoms with Crippen LogP contribution in [-0.4, -0.2) is 18.1 Å². The Morgan fingerprint density at radius 3 is 3.00 bits per heavy atom. The highest BCUT2D eigenvalue weighted by atomic mass is 16.3. The number of hydrogen-bond donors (Lipinski definition) is 1. The van der Waals surface area contributed by atoms with Crippen LogP contribution in [0.4, 0.5) is 0 Å². The summed E-state index contributed by atoms with van der Waals surface area (Å²) in [6.45, 7) is 2.03. The molecule has 0 bridgehead atoms. The van der Waals surface area contributed by atoms with Crippen molar-refractivity contribution >= 4 is 0 Å². The molecule has 1 fully saturated rings. The second-order valence-corrected chi connectivity index (χ2v) is 2.23. The Labute approximate surface area is 53.1 Å². The van der Waals surface area contributed by atoms with Crippen LogP contribution in [0.2, 0.25) is 0 Å². The first kappa shape index (κ1) is 4.99. The summed E-state index contributed by atoms with van der Waals surface area (Å²) in [5, 5.41) is 3.15.